The fraction of sp³-hybridized carbons (Fsp3) is 0.545. The van der Waals surface area contributed by atoms with Crippen molar-refractivity contribution in [2.45, 2.75) is 40.0 Å². The number of hydrogen-bond donors (Lipinski definition) is 2. The summed E-state index contributed by atoms with van der Waals surface area (Å²) in [4.78, 5) is 9.82. The maximum Gasteiger partial charge on any atom is 0.170 e. The molecule has 0 atom stereocenters. The Labute approximate surface area is 174 Å². The first kappa shape index (κ1) is 20.8. The number of piperazine rings is 1. The quantitative estimate of drug-likeness (QED) is 0.538. The number of rotatable bonds is 7. The Bertz CT molecular complexity index is 799. The second-order valence-electron chi connectivity index (χ2n) is 7.54. The lowest BCUT2D eigenvalue weighted by Gasteiger charge is -2.35. The molecule has 152 valence electrons. The summed E-state index contributed by atoms with van der Waals surface area (Å²) in [6.07, 6.45) is 3.59. The molecule has 0 aliphatic carbocycles. The van der Waals surface area contributed by atoms with Crippen LogP contribution >= 0.6 is 12.2 Å². The molecule has 2 N–H and O–H groups in total. The number of anilines is 2. The molecule has 0 bridgehead atoms. The van der Waals surface area contributed by atoms with Gasteiger partial charge in [-0.2, -0.15) is 0 Å². The molecule has 1 aliphatic heterocycles. The highest BCUT2D eigenvalue weighted by Crippen LogP contribution is 2.26. The van der Waals surface area contributed by atoms with Crippen LogP contribution in [0.25, 0.3) is 10.9 Å². The average molecular weight is 400 g/mol. The van der Waals surface area contributed by atoms with Crippen molar-refractivity contribution in [1.82, 2.24) is 15.2 Å². The van der Waals surface area contributed by atoms with E-state index >= 15 is 0 Å². The van der Waals surface area contributed by atoms with E-state index in [2.05, 4.69) is 65.5 Å². The SMILES string of the molecule is CCCCCNC(=S)Nc1ccc2nc(N3CCN(CC)CC3)cc(C)c2c1. The molecule has 6 heteroatoms. The zero-order valence-corrected chi connectivity index (χ0v) is 18.2. The van der Waals surface area contributed by atoms with Crippen LogP contribution in [0, 0.1) is 6.92 Å². The minimum absolute atomic E-state index is 0.687. The first-order valence-electron chi connectivity index (χ1n) is 10.5. The Morgan fingerprint density at radius 1 is 1.11 bits per heavy atom. The number of thiocarbonyl (C=S) groups is 1. The summed E-state index contributed by atoms with van der Waals surface area (Å²) in [6, 6.07) is 8.52. The van der Waals surface area contributed by atoms with Gasteiger partial charge < -0.3 is 20.4 Å². The Morgan fingerprint density at radius 2 is 1.89 bits per heavy atom. The smallest absolute Gasteiger partial charge is 0.170 e. The minimum atomic E-state index is 0.687. The Kier molecular flexibility index (Phi) is 7.45. The number of nitrogens with zero attached hydrogens (tertiary/aromatic N) is 3. The maximum absolute atomic E-state index is 5.42. The summed E-state index contributed by atoms with van der Waals surface area (Å²) in [5.41, 5.74) is 3.30. The third kappa shape index (κ3) is 5.32. The minimum Gasteiger partial charge on any atom is -0.362 e. The van der Waals surface area contributed by atoms with Crippen molar-refractivity contribution < 1.29 is 0 Å². The van der Waals surface area contributed by atoms with Crippen LogP contribution in [-0.2, 0) is 0 Å². The van der Waals surface area contributed by atoms with Gasteiger partial charge in [-0.25, -0.2) is 4.98 Å². The summed E-state index contributed by atoms with van der Waals surface area (Å²) < 4.78 is 0. The lowest BCUT2D eigenvalue weighted by atomic mass is 10.1. The van der Waals surface area contributed by atoms with Gasteiger partial charge in [-0.1, -0.05) is 26.7 Å². The van der Waals surface area contributed by atoms with Crippen LogP contribution in [0.3, 0.4) is 0 Å². The average Bonchev–Trinajstić information content (AvgIpc) is 2.71. The Morgan fingerprint density at radius 3 is 2.61 bits per heavy atom. The molecular weight excluding hydrogens is 366 g/mol. The third-order valence-electron chi connectivity index (χ3n) is 5.47. The van der Waals surface area contributed by atoms with Gasteiger partial charge in [0.05, 0.1) is 5.52 Å². The summed E-state index contributed by atoms with van der Waals surface area (Å²) >= 11 is 5.42. The van der Waals surface area contributed by atoms with E-state index in [0.29, 0.717) is 5.11 Å². The molecule has 2 heterocycles. The standard InChI is InChI=1S/C22H33N5S/c1-4-6-7-10-23-22(28)24-18-8-9-20-19(16-18)17(3)15-21(25-20)27-13-11-26(5-2)12-14-27/h8-9,15-16H,4-7,10-14H2,1-3H3,(H2,23,24,28). The normalized spacial score (nSPS) is 15.0. The Balaban J connectivity index is 1.68. The second kappa shape index (κ2) is 10.0. The zero-order valence-electron chi connectivity index (χ0n) is 17.4. The number of aromatic nitrogens is 1. The lowest BCUT2D eigenvalue weighted by molar-refractivity contribution is 0.270. The van der Waals surface area contributed by atoms with Crippen LogP contribution in [0.4, 0.5) is 11.5 Å². The summed E-state index contributed by atoms with van der Waals surface area (Å²) in [6.45, 7) is 13.0. The molecule has 0 amide bonds. The van der Waals surface area contributed by atoms with E-state index in [1.807, 2.05) is 0 Å². The van der Waals surface area contributed by atoms with Gasteiger partial charge in [-0.05, 0) is 61.9 Å². The lowest BCUT2D eigenvalue weighted by Crippen LogP contribution is -2.46. The predicted octanol–water partition coefficient (Wildman–Crippen LogP) is 4.16. The molecule has 1 fully saturated rings. The molecule has 1 aliphatic rings. The van der Waals surface area contributed by atoms with E-state index in [4.69, 9.17) is 17.2 Å². The molecule has 2 aromatic rings. The summed E-state index contributed by atoms with van der Waals surface area (Å²) in [7, 11) is 0. The van der Waals surface area contributed by atoms with Crippen LogP contribution in [-0.4, -0.2) is 54.3 Å². The van der Waals surface area contributed by atoms with Gasteiger partial charge in [-0.15, -0.1) is 0 Å². The van der Waals surface area contributed by atoms with Crippen molar-refractivity contribution in [2.75, 3.05) is 49.5 Å². The highest BCUT2D eigenvalue weighted by atomic mass is 32.1. The van der Waals surface area contributed by atoms with Crippen molar-refractivity contribution in [1.29, 1.82) is 0 Å². The molecule has 0 radical (unpaired) electrons. The van der Waals surface area contributed by atoms with E-state index in [-0.39, 0.29) is 0 Å². The molecule has 0 spiro atoms. The molecule has 28 heavy (non-hydrogen) atoms. The number of pyridine rings is 1. The maximum atomic E-state index is 5.42. The second-order valence-corrected chi connectivity index (χ2v) is 7.95. The molecular formula is C22H33N5S. The molecule has 1 aromatic heterocycles. The van der Waals surface area contributed by atoms with Gasteiger partial charge in [-0.3, -0.25) is 0 Å². The topological polar surface area (TPSA) is 43.4 Å². The Hall–Kier alpha value is -1.92. The van der Waals surface area contributed by atoms with Crippen LogP contribution in [0.2, 0.25) is 0 Å². The van der Waals surface area contributed by atoms with Crippen molar-refractivity contribution in [2.24, 2.45) is 0 Å². The van der Waals surface area contributed by atoms with E-state index in [0.717, 1.165) is 62.7 Å². The number of benzene rings is 1. The van der Waals surface area contributed by atoms with Gasteiger partial charge in [0.25, 0.3) is 0 Å². The third-order valence-corrected chi connectivity index (χ3v) is 5.72. The summed E-state index contributed by atoms with van der Waals surface area (Å²) in [5, 5.41) is 8.45. The number of aryl methyl sites for hydroxylation is 1. The van der Waals surface area contributed by atoms with Crippen molar-refractivity contribution in [3.63, 3.8) is 0 Å². The van der Waals surface area contributed by atoms with Crippen LogP contribution < -0.4 is 15.5 Å². The van der Waals surface area contributed by atoms with Gasteiger partial charge in [0.15, 0.2) is 5.11 Å². The van der Waals surface area contributed by atoms with Crippen molar-refractivity contribution >= 4 is 39.7 Å². The first-order chi connectivity index (χ1) is 13.6. The molecule has 0 saturated carbocycles. The van der Waals surface area contributed by atoms with E-state index in [1.54, 1.807) is 0 Å². The fourth-order valence-electron chi connectivity index (χ4n) is 3.66. The van der Waals surface area contributed by atoms with Gasteiger partial charge in [0.2, 0.25) is 0 Å². The van der Waals surface area contributed by atoms with Crippen molar-refractivity contribution in [3.8, 4) is 0 Å². The van der Waals surface area contributed by atoms with Crippen molar-refractivity contribution in [3.05, 3.63) is 29.8 Å². The van der Waals surface area contributed by atoms with Crippen LogP contribution in [0.1, 0.15) is 38.7 Å². The predicted molar refractivity (Wildman–Crippen MR) is 125 cm³/mol. The number of fused-ring (bicyclic) bond motifs is 1. The largest absolute Gasteiger partial charge is 0.362 e. The molecule has 5 nitrogen and oxygen atoms in total. The molecule has 3 rings (SSSR count). The van der Waals surface area contributed by atoms with E-state index in [1.165, 1.54) is 23.8 Å². The zero-order chi connectivity index (χ0) is 19.9. The van der Waals surface area contributed by atoms with E-state index in [9.17, 15) is 0 Å². The number of hydrogen-bond acceptors (Lipinski definition) is 4. The highest BCUT2D eigenvalue weighted by molar-refractivity contribution is 7.80. The summed E-state index contributed by atoms with van der Waals surface area (Å²) in [5.74, 6) is 1.09. The first-order valence-corrected chi connectivity index (χ1v) is 10.9. The molecule has 1 saturated heterocycles. The highest BCUT2D eigenvalue weighted by Gasteiger charge is 2.17. The van der Waals surface area contributed by atoms with Crippen LogP contribution in [0.15, 0.2) is 24.3 Å². The molecule has 0 unspecified atom stereocenters. The molecule has 1 aromatic carbocycles. The number of unbranched alkanes of at least 4 members (excludes halogenated alkanes) is 2. The van der Waals surface area contributed by atoms with Crippen LogP contribution in [0.5, 0.6) is 0 Å². The van der Waals surface area contributed by atoms with Gasteiger partial charge in [0, 0.05) is 43.8 Å². The number of nitrogens with one attached hydrogen (secondary N) is 2. The van der Waals surface area contributed by atoms with Gasteiger partial charge in [0.1, 0.15) is 5.82 Å². The van der Waals surface area contributed by atoms with Gasteiger partial charge >= 0.3 is 0 Å². The van der Waals surface area contributed by atoms with E-state index < -0.39 is 0 Å². The number of likely N-dealkylation sites (N-methyl/N-ethyl adjacent to an activating group) is 1. The fourth-order valence-corrected chi connectivity index (χ4v) is 3.88. The monoisotopic (exact) mass is 399 g/mol.